The van der Waals surface area contributed by atoms with Crippen LogP contribution in [0.5, 0.6) is 17.4 Å². The van der Waals surface area contributed by atoms with E-state index < -0.39 is 11.8 Å². The lowest BCUT2D eigenvalue weighted by Gasteiger charge is -2.19. The summed E-state index contributed by atoms with van der Waals surface area (Å²) in [6.45, 7) is 5.47. The van der Waals surface area contributed by atoms with Crippen LogP contribution in [0.15, 0.2) is 48.7 Å². The van der Waals surface area contributed by atoms with E-state index in [1.54, 1.807) is 58.3 Å². The highest BCUT2D eigenvalue weighted by atomic mass is 35.5. The molecule has 4 aromatic rings. The molecule has 0 atom stereocenters. The molecule has 166 valence electrons. The van der Waals surface area contributed by atoms with Crippen molar-refractivity contribution in [2.45, 2.75) is 33.0 Å². The van der Waals surface area contributed by atoms with Crippen LogP contribution in [-0.2, 0) is 16.1 Å². The van der Waals surface area contributed by atoms with Crippen LogP contribution in [0, 0.1) is 0 Å². The summed E-state index contributed by atoms with van der Waals surface area (Å²) in [7, 11) is 1.57. The smallest absolute Gasteiger partial charge is 0.457 e. The normalized spacial score (nSPS) is 11.7. The third kappa shape index (κ3) is 4.64. The molecule has 0 aliphatic heterocycles. The van der Waals surface area contributed by atoms with Crippen molar-refractivity contribution < 1.29 is 23.7 Å². The monoisotopic (exact) mass is 454 g/mol. The van der Waals surface area contributed by atoms with Crippen LogP contribution >= 0.6 is 11.6 Å². The summed E-state index contributed by atoms with van der Waals surface area (Å²) in [5.74, 6) is 1.39. The second-order valence-electron chi connectivity index (χ2n) is 8.19. The van der Waals surface area contributed by atoms with Gasteiger partial charge in [0.2, 0.25) is 5.88 Å². The molecule has 8 heteroatoms. The number of pyridine rings is 1. The number of carbonyl (C=O) groups excluding carboxylic acids is 1. The predicted octanol–water partition coefficient (Wildman–Crippen LogP) is 6.62. The molecule has 0 fully saturated rings. The van der Waals surface area contributed by atoms with Gasteiger partial charge < -0.3 is 23.9 Å². The number of aromatic nitrogens is 2. The number of benzene rings is 2. The van der Waals surface area contributed by atoms with Crippen LogP contribution in [0.2, 0.25) is 5.02 Å². The number of nitrogens with zero attached hydrogens (tertiary/aromatic N) is 1. The predicted molar refractivity (Wildman–Crippen MR) is 123 cm³/mol. The molecule has 0 amide bonds. The molecule has 1 N–H and O–H groups in total. The van der Waals surface area contributed by atoms with Crippen LogP contribution in [-0.4, -0.2) is 28.8 Å². The van der Waals surface area contributed by atoms with E-state index in [1.165, 1.54) is 0 Å². The van der Waals surface area contributed by atoms with Gasteiger partial charge >= 0.3 is 6.16 Å². The zero-order valence-corrected chi connectivity index (χ0v) is 18.9. The molecular weight excluding hydrogens is 432 g/mol. The van der Waals surface area contributed by atoms with Gasteiger partial charge in [-0.1, -0.05) is 17.7 Å². The first-order valence-corrected chi connectivity index (χ1v) is 10.4. The number of aromatic amines is 1. The molecule has 2 aromatic heterocycles. The lowest BCUT2D eigenvalue weighted by atomic mass is 10.1. The number of ether oxygens (including phenoxy) is 4. The molecule has 4 rings (SSSR count). The molecule has 0 aliphatic rings. The van der Waals surface area contributed by atoms with E-state index in [-0.39, 0.29) is 12.5 Å². The van der Waals surface area contributed by atoms with E-state index in [4.69, 9.17) is 30.5 Å². The highest BCUT2D eigenvalue weighted by molar-refractivity contribution is 6.30. The number of H-pyrrole nitrogens is 1. The molecule has 0 unspecified atom stereocenters. The highest BCUT2D eigenvalue weighted by Crippen LogP contribution is 2.39. The molecule has 0 radical (unpaired) electrons. The standard InChI is InChI=1S/C24H23ClN2O5/c1-24(2,3)32-23(28)31-22-16(13-29-4)20-18(12-26-22)27-17-6-5-7-19(21(17)20)30-15-10-8-14(25)9-11-15/h5-12,27H,13H2,1-4H3. The topological polar surface area (TPSA) is 82.7 Å². The molecule has 0 bridgehead atoms. The maximum atomic E-state index is 12.3. The number of hydrogen-bond donors (Lipinski definition) is 1. The Labute approximate surface area is 190 Å². The van der Waals surface area contributed by atoms with Gasteiger partial charge in [0.25, 0.3) is 0 Å². The molecule has 0 saturated carbocycles. The van der Waals surface area contributed by atoms with Crippen LogP contribution in [0.3, 0.4) is 0 Å². The van der Waals surface area contributed by atoms with Gasteiger partial charge in [-0.15, -0.1) is 0 Å². The SMILES string of the molecule is COCc1c(OC(=O)OC(C)(C)C)ncc2[nH]c3cccc(Oc4ccc(Cl)cc4)c3c12. The van der Waals surface area contributed by atoms with E-state index in [2.05, 4.69) is 9.97 Å². The third-order valence-corrected chi connectivity index (χ3v) is 4.84. The number of nitrogens with one attached hydrogen (secondary N) is 1. The van der Waals surface area contributed by atoms with Crippen LogP contribution in [0.1, 0.15) is 26.3 Å². The van der Waals surface area contributed by atoms with Crippen molar-refractivity contribution in [1.29, 1.82) is 0 Å². The first-order valence-electron chi connectivity index (χ1n) is 10.0. The minimum Gasteiger partial charge on any atom is -0.457 e. The quantitative estimate of drug-likeness (QED) is 0.341. The number of carbonyl (C=O) groups is 1. The Morgan fingerprint density at radius 1 is 1.06 bits per heavy atom. The Morgan fingerprint density at radius 3 is 2.50 bits per heavy atom. The zero-order valence-electron chi connectivity index (χ0n) is 18.2. The van der Waals surface area contributed by atoms with E-state index in [0.717, 1.165) is 21.8 Å². The summed E-state index contributed by atoms with van der Waals surface area (Å²) in [4.78, 5) is 20.0. The van der Waals surface area contributed by atoms with Crippen molar-refractivity contribution in [3.8, 4) is 17.4 Å². The van der Waals surface area contributed by atoms with E-state index >= 15 is 0 Å². The number of rotatable bonds is 5. The second kappa shape index (κ2) is 8.68. The maximum Gasteiger partial charge on any atom is 0.515 e. The van der Waals surface area contributed by atoms with Gasteiger partial charge in [-0.2, -0.15) is 0 Å². The zero-order chi connectivity index (χ0) is 22.9. The fourth-order valence-electron chi connectivity index (χ4n) is 3.38. The fourth-order valence-corrected chi connectivity index (χ4v) is 3.51. The lowest BCUT2D eigenvalue weighted by molar-refractivity contribution is 0.0192. The van der Waals surface area contributed by atoms with Crippen molar-refractivity contribution in [1.82, 2.24) is 9.97 Å². The van der Waals surface area contributed by atoms with Crippen LogP contribution in [0.4, 0.5) is 4.79 Å². The van der Waals surface area contributed by atoms with E-state index in [1.807, 2.05) is 18.2 Å². The number of methoxy groups -OCH3 is 1. The Hall–Kier alpha value is -3.29. The fraction of sp³-hybridized carbons (Fsp3) is 0.250. The Morgan fingerprint density at radius 2 is 1.81 bits per heavy atom. The van der Waals surface area contributed by atoms with Crippen LogP contribution in [0.25, 0.3) is 21.8 Å². The molecule has 7 nitrogen and oxygen atoms in total. The lowest BCUT2D eigenvalue weighted by Crippen LogP contribution is -2.26. The average Bonchev–Trinajstić information content (AvgIpc) is 3.10. The number of halogens is 1. The molecule has 32 heavy (non-hydrogen) atoms. The van der Waals surface area contributed by atoms with Crippen molar-refractivity contribution in [3.63, 3.8) is 0 Å². The molecule has 0 saturated heterocycles. The Bertz CT molecular complexity index is 1280. The van der Waals surface area contributed by atoms with Gasteiger partial charge in [0, 0.05) is 17.5 Å². The third-order valence-electron chi connectivity index (χ3n) is 4.59. The Balaban J connectivity index is 1.84. The summed E-state index contributed by atoms with van der Waals surface area (Å²) in [5.41, 5.74) is 1.52. The average molecular weight is 455 g/mol. The second-order valence-corrected chi connectivity index (χ2v) is 8.63. The molecule has 2 heterocycles. The minimum absolute atomic E-state index is 0.121. The molecule has 0 spiro atoms. The first-order chi connectivity index (χ1) is 15.2. The number of hydrogen-bond acceptors (Lipinski definition) is 6. The van der Waals surface area contributed by atoms with E-state index in [9.17, 15) is 4.79 Å². The van der Waals surface area contributed by atoms with Crippen molar-refractivity contribution in [2.24, 2.45) is 0 Å². The van der Waals surface area contributed by atoms with Gasteiger partial charge in [-0.3, -0.25) is 0 Å². The minimum atomic E-state index is -0.834. The first kappa shape index (κ1) is 21.9. The van der Waals surface area contributed by atoms with Gasteiger partial charge in [0.1, 0.15) is 17.1 Å². The van der Waals surface area contributed by atoms with Crippen molar-refractivity contribution in [2.75, 3.05) is 7.11 Å². The molecular formula is C24H23ClN2O5. The van der Waals surface area contributed by atoms with Gasteiger partial charge in [-0.05, 0) is 57.2 Å². The van der Waals surface area contributed by atoms with Crippen LogP contribution < -0.4 is 9.47 Å². The van der Waals surface area contributed by atoms with Crippen molar-refractivity contribution in [3.05, 3.63) is 59.2 Å². The van der Waals surface area contributed by atoms with Crippen molar-refractivity contribution >= 4 is 39.6 Å². The Kier molecular flexibility index (Phi) is 5.95. The number of fused-ring (bicyclic) bond motifs is 3. The summed E-state index contributed by atoms with van der Waals surface area (Å²) in [6, 6.07) is 12.8. The summed E-state index contributed by atoms with van der Waals surface area (Å²) in [5, 5.41) is 2.24. The summed E-state index contributed by atoms with van der Waals surface area (Å²) >= 11 is 5.99. The molecule has 0 aliphatic carbocycles. The highest BCUT2D eigenvalue weighted by Gasteiger charge is 2.23. The van der Waals surface area contributed by atoms with Gasteiger partial charge in [0.05, 0.1) is 34.8 Å². The maximum absolute atomic E-state index is 12.3. The summed E-state index contributed by atoms with van der Waals surface area (Å²) in [6.07, 6.45) is 0.777. The van der Waals surface area contributed by atoms with E-state index in [0.29, 0.717) is 22.1 Å². The van der Waals surface area contributed by atoms with Gasteiger partial charge in [-0.25, -0.2) is 9.78 Å². The largest absolute Gasteiger partial charge is 0.515 e. The van der Waals surface area contributed by atoms with Gasteiger partial charge in [0.15, 0.2) is 0 Å². The summed E-state index contributed by atoms with van der Waals surface area (Å²) < 4.78 is 22.3. The molecule has 2 aromatic carbocycles.